The number of hydrogen-bond acceptors (Lipinski definition) is 4. The Morgan fingerprint density at radius 1 is 1.04 bits per heavy atom. The molecule has 0 bridgehead atoms. The maximum atomic E-state index is 12.5. The average molecular weight is 403 g/mol. The topological polar surface area (TPSA) is 42.8 Å². The lowest BCUT2D eigenvalue weighted by molar-refractivity contribution is -0.137. The van der Waals surface area contributed by atoms with Gasteiger partial charge < -0.3 is 9.47 Å². The summed E-state index contributed by atoms with van der Waals surface area (Å²) in [5, 5.41) is 4.01. The second-order valence-electron chi connectivity index (χ2n) is 4.65. The van der Waals surface area contributed by atoms with E-state index in [1.807, 2.05) is 0 Å². The molecule has 0 radical (unpaired) electrons. The second-order valence-corrected chi connectivity index (χ2v) is 5.44. The zero-order chi connectivity index (χ0) is 17.7. The van der Waals surface area contributed by atoms with Crippen molar-refractivity contribution < 1.29 is 22.6 Å². The number of anilines is 1. The molecule has 2 aromatic carbocycles. The number of nitrogens with zero attached hydrogens (tertiary/aromatic N) is 1. The third kappa shape index (κ3) is 4.19. The molecular formula is C16H14BrF3N2O2. The Labute approximate surface area is 145 Å². The van der Waals surface area contributed by atoms with Gasteiger partial charge in [-0.3, -0.25) is 5.43 Å². The van der Waals surface area contributed by atoms with E-state index < -0.39 is 11.7 Å². The lowest BCUT2D eigenvalue weighted by Crippen LogP contribution is -2.04. The first-order valence-corrected chi connectivity index (χ1v) is 7.53. The van der Waals surface area contributed by atoms with Gasteiger partial charge in [0.15, 0.2) is 11.5 Å². The van der Waals surface area contributed by atoms with E-state index in [1.165, 1.54) is 32.6 Å². The quantitative estimate of drug-likeness (QED) is 0.569. The minimum atomic E-state index is -4.35. The van der Waals surface area contributed by atoms with Gasteiger partial charge in [0.05, 0.1) is 36.2 Å². The van der Waals surface area contributed by atoms with Gasteiger partial charge in [0.1, 0.15) is 0 Å². The van der Waals surface area contributed by atoms with Crippen LogP contribution in [0, 0.1) is 0 Å². The van der Waals surface area contributed by atoms with Crippen LogP contribution in [-0.2, 0) is 6.18 Å². The molecule has 0 aromatic heterocycles. The Bertz CT molecular complexity index is 731. The zero-order valence-electron chi connectivity index (χ0n) is 12.8. The Balaban J connectivity index is 2.12. The highest BCUT2D eigenvalue weighted by atomic mass is 79.9. The van der Waals surface area contributed by atoms with Gasteiger partial charge >= 0.3 is 6.18 Å². The summed E-state index contributed by atoms with van der Waals surface area (Å²) < 4.78 is 48.6. The highest BCUT2D eigenvalue weighted by molar-refractivity contribution is 9.10. The fourth-order valence-electron chi connectivity index (χ4n) is 1.91. The van der Waals surface area contributed by atoms with Crippen molar-refractivity contribution in [1.82, 2.24) is 0 Å². The van der Waals surface area contributed by atoms with E-state index in [0.29, 0.717) is 27.2 Å². The number of nitrogens with one attached hydrogen (secondary N) is 1. The SMILES string of the molecule is COc1ccc(C=NNc2ccc(C(F)(F)F)cc2)c(Br)c1OC. The van der Waals surface area contributed by atoms with Crippen LogP contribution in [0.3, 0.4) is 0 Å². The van der Waals surface area contributed by atoms with E-state index in [9.17, 15) is 13.2 Å². The Kier molecular flexibility index (Phi) is 5.71. The van der Waals surface area contributed by atoms with Crippen molar-refractivity contribution in [3.8, 4) is 11.5 Å². The molecule has 0 fully saturated rings. The summed E-state index contributed by atoms with van der Waals surface area (Å²) in [5.74, 6) is 1.09. The van der Waals surface area contributed by atoms with Gasteiger partial charge in [-0.2, -0.15) is 18.3 Å². The van der Waals surface area contributed by atoms with Crippen LogP contribution in [-0.4, -0.2) is 20.4 Å². The van der Waals surface area contributed by atoms with Gasteiger partial charge in [0.2, 0.25) is 0 Å². The smallest absolute Gasteiger partial charge is 0.416 e. The number of benzene rings is 2. The van der Waals surface area contributed by atoms with Crippen molar-refractivity contribution in [3.05, 3.63) is 52.0 Å². The van der Waals surface area contributed by atoms with E-state index in [0.717, 1.165) is 12.1 Å². The summed E-state index contributed by atoms with van der Waals surface area (Å²) in [7, 11) is 3.05. The van der Waals surface area contributed by atoms with Gasteiger partial charge in [-0.1, -0.05) is 0 Å². The summed E-state index contributed by atoms with van der Waals surface area (Å²) in [6.07, 6.45) is -2.84. The third-order valence-corrected chi connectivity index (χ3v) is 3.94. The normalized spacial score (nSPS) is 11.6. The minimum Gasteiger partial charge on any atom is -0.493 e. The molecule has 24 heavy (non-hydrogen) atoms. The van der Waals surface area contributed by atoms with Crippen LogP contribution in [0.5, 0.6) is 11.5 Å². The van der Waals surface area contributed by atoms with Gasteiger partial charge in [0, 0.05) is 5.56 Å². The molecule has 0 heterocycles. The van der Waals surface area contributed by atoms with Crippen molar-refractivity contribution in [2.24, 2.45) is 5.10 Å². The summed E-state index contributed by atoms with van der Waals surface area (Å²) in [5.41, 5.74) is 3.12. The molecule has 0 unspecified atom stereocenters. The molecule has 1 N–H and O–H groups in total. The molecule has 0 spiro atoms. The molecule has 2 rings (SSSR count). The van der Waals surface area contributed by atoms with Crippen LogP contribution in [0.2, 0.25) is 0 Å². The van der Waals surface area contributed by atoms with Crippen LogP contribution in [0.15, 0.2) is 46.0 Å². The molecule has 0 saturated heterocycles. The molecule has 2 aromatic rings. The number of halogens is 4. The molecule has 4 nitrogen and oxygen atoms in total. The van der Waals surface area contributed by atoms with Crippen LogP contribution in [0.4, 0.5) is 18.9 Å². The number of alkyl halides is 3. The number of hydrazone groups is 1. The first-order valence-electron chi connectivity index (χ1n) is 6.73. The number of methoxy groups -OCH3 is 2. The number of rotatable bonds is 5. The van der Waals surface area contributed by atoms with Crippen molar-refractivity contribution in [3.63, 3.8) is 0 Å². The third-order valence-electron chi connectivity index (χ3n) is 3.12. The fraction of sp³-hybridized carbons (Fsp3) is 0.188. The highest BCUT2D eigenvalue weighted by Gasteiger charge is 2.29. The summed E-state index contributed by atoms with van der Waals surface area (Å²) in [4.78, 5) is 0. The molecule has 0 aliphatic rings. The van der Waals surface area contributed by atoms with Crippen LogP contribution in [0.25, 0.3) is 0 Å². The number of ether oxygens (including phenoxy) is 2. The molecule has 0 aliphatic heterocycles. The summed E-state index contributed by atoms with van der Waals surface area (Å²) in [6.45, 7) is 0. The van der Waals surface area contributed by atoms with Crippen molar-refractivity contribution in [1.29, 1.82) is 0 Å². The Hall–Kier alpha value is -2.22. The molecule has 0 amide bonds. The van der Waals surface area contributed by atoms with Crippen LogP contribution in [0.1, 0.15) is 11.1 Å². The number of hydrogen-bond donors (Lipinski definition) is 1. The maximum Gasteiger partial charge on any atom is 0.416 e. The first-order chi connectivity index (χ1) is 11.4. The van der Waals surface area contributed by atoms with Crippen LogP contribution < -0.4 is 14.9 Å². The van der Waals surface area contributed by atoms with Crippen molar-refractivity contribution in [2.45, 2.75) is 6.18 Å². The first kappa shape index (κ1) is 18.1. The summed E-state index contributed by atoms with van der Waals surface area (Å²) >= 11 is 3.40. The van der Waals surface area contributed by atoms with Gasteiger partial charge in [-0.25, -0.2) is 0 Å². The predicted octanol–water partition coefficient (Wildman–Crippen LogP) is 4.93. The van der Waals surface area contributed by atoms with E-state index in [1.54, 1.807) is 12.1 Å². The molecule has 0 atom stereocenters. The van der Waals surface area contributed by atoms with Gasteiger partial charge in [-0.15, -0.1) is 0 Å². The minimum absolute atomic E-state index is 0.441. The fourth-order valence-corrected chi connectivity index (χ4v) is 2.51. The van der Waals surface area contributed by atoms with Crippen molar-refractivity contribution >= 4 is 27.8 Å². The monoisotopic (exact) mass is 402 g/mol. The van der Waals surface area contributed by atoms with E-state index in [2.05, 4.69) is 26.5 Å². The maximum absolute atomic E-state index is 12.5. The van der Waals surface area contributed by atoms with E-state index >= 15 is 0 Å². The Morgan fingerprint density at radius 3 is 2.25 bits per heavy atom. The molecule has 0 aliphatic carbocycles. The lowest BCUT2D eigenvalue weighted by Gasteiger charge is -2.11. The van der Waals surface area contributed by atoms with Gasteiger partial charge in [0.25, 0.3) is 0 Å². The largest absolute Gasteiger partial charge is 0.493 e. The van der Waals surface area contributed by atoms with Crippen molar-refractivity contribution in [2.75, 3.05) is 19.6 Å². The Morgan fingerprint density at radius 2 is 1.71 bits per heavy atom. The molecule has 128 valence electrons. The standard InChI is InChI=1S/C16H14BrF3N2O2/c1-23-13-8-3-10(14(17)15(13)24-2)9-21-22-12-6-4-11(5-7-12)16(18,19)20/h3-9,22H,1-2H3. The highest BCUT2D eigenvalue weighted by Crippen LogP contribution is 2.36. The molecule has 0 saturated carbocycles. The van der Waals surface area contributed by atoms with E-state index in [-0.39, 0.29) is 0 Å². The molecular weight excluding hydrogens is 389 g/mol. The average Bonchev–Trinajstić information content (AvgIpc) is 2.55. The molecule has 8 heteroatoms. The predicted molar refractivity (Wildman–Crippen MR) is 89.9 cm³/mol. The lowest BCUT2D eigenvalue weighted by atomic mass is 10.2. The van der Waals surface area contributed by atoms with E-state index in [4.69, 9.17) is 9.47 Å². The second kappa shape index (κ2) is 7.57. The van der Waals surface area contributed by atoms with Gasteiger partial charge in [-0.05, 0) is 52.3 Å². The summed E-state index contributed by atoms with van der Waals surface area (Å²) in [6, 6.07) is 8.09. The van der Waals surface area contributed by atoms with Crippen LogP contribution >= 0.6 is 15.9 Å². The zero-order valence-corrected chi connectivity index (χ0v) is 14.4.